The maximum absolute atomic E-state index is 9.18. The van der Waals surface area contributed by atoms with Crippen LogP contribution in [0.2, 0.25) is 5.02 Å². The van der Waals surface area contributed by atoms with Crippen molar-refractivity contribution in [2.24, 2.45) is 0 Å². The first-order chi connectivity index (χ1) is 14.6. The van der Waals surface area contributed by atoms with E-state index in [1.54, 1.807) is 24.4 Å². The first kappa shape index (κ1) is 18.1. The van der Waals surface area contributed by atoms with Crippen molar-refractivity contribution in [2.45, 2.75) is 13.3 Å². The van der Waals surface area contributed by atoms with Crippen molar-refractivity contribution in [1.82, 2.24) is 29.8 Å². The molecular weight excluding hydrogens is 402 g/mol. The van der Waals surface area contributed by atoms with E-state index in [4.69, 9.17) is 16.3 Å². The van der Waals surface area contributed by atoms with E-state index >= 15 is 0 Å². The average molecular weight is 416 g/mol. The Morgan fingerprint density at radius 1 is 1.23 bits per heavy atom. The third-order valence-electron chi connectivity index (χ3n) is 4.76. The minimum atomic E-state index is 0.420. The lowest BCUT2D eigenvalue weighted by Gasteiger charge is -2.10. The fourth-order valence-electron chi connectivity index (χ4n) is 3.32. The van der Waals surface area contributed by atoms with Crippen molar-refractivity contribution in [2.75, 3.05) is 0 Å². The van der Waals surface area contributed by atoms with Gasteiger partial charge in [-0.2, -0.15) is 10.4 Å². The smallest absolute Gasteiger partial charge is 0.204 e. The van der Waals surface area contributed by atoms with Crippen LogP contribution in [0.15, 0.2) is 48.8 Å². The first-order valence-corrected chi connectivity index (χ1v) is 9.50. The molecule has 0 radical (unpaired) electrons. The van der Waals surface area contributed by atoms with Crippen molar-refractivity contribution in [1.29, 1.82) is 5.26 Å². The van der Waals surface area contributed by atoms with E-state index in [0.29, 0.717) is 34.2 Å². The van der Waals surface area contributed by atoms with Crippen LogP contribution >= 0.6 is 11.6 Å². The lowest BCUT2D eigenvalue weighted by atomic mass is 10.2. The number of nitriles is 1. The lowest BCUT2D eigenvalue weighted by molar-refractivity contribution is 0.480. The van der Waals surface area contributed by atoms with Gasteiger partial charge < -0.3 is 4.74 Å². The zero-order valence-electron chi connectivity index (χ0n) is 15.8. The van der Waals surface area contributed by atoms with Gasteiger partial charge in [0.1, 0.15) is 11.6 Å². The van der Waals surface area contributed by atoms with Gasteiger partial charge in [-0.1, -0.05) is 11.6 Å². The van der Waals surface area contributed by atoms with E-state index in [9.17, 15) is 5.26 Å². The Morgan fingerprint density at radius 3 is 3.00 bits per heavy atom. The van der Waals surface area contributed by atoms with Crippen LogP contribution in [-0.2, 0) is 6.42 Å². The monoisotopic (exact) mass is 415 g/mol. The molecule has 8 nitrogen and oxygen atoms in total. The van der Waals surface area contributed by atoms with Crippen molar-refractivity contribution >= 4 is 28.3 Å². The Kier molecular flexibility index (Phi) is 4.30. The van der Waals surface area contributed by atoms with Crippen LogP contribution in [0.3, 0.4) is 0 Å². The molecule has 1 aromatic carbocycles. The van der Waals surface area contributed by atoms with E-state index in [1.165, 1.54) is 0 Å². The number of hydrogen-bond acceptors (Lipinski definition) is 6. The highest BCUT2D eigenvalue weighted by Gasteiger charge is 2.17. The number of ether oxygens (including phenoxy) is 1. The quantitative estimate of drug-likeness (QED) is 0.471. The molecule has 30 heavy (non-hydrogen) atoms. The standard InChI is InChI=1S/C21H14ClN7O/c1-12-4-6-29-18(10-17-16-3-2-5-24-20(16)27-25-17)26-28-21(29)19(12)30-15-8-13(11-23)7-14(22)9-15/h2-9H,10H2,1H3,(H,24,25,27). The Balaban J connectivity index is 1.55. The number of fused-ring (bicyclic) bond motifs is 2. The predicted molar refractivity (Wildman–Crippen MR) is 111 cm³/mol. The van der Waals surface area contributed by atoms with Crippen molar-refractivity contribution in [3.63, 3.8) is 0 Å². The van der Waals surface area contributed by atoms with Crippen LogP contribution in [0.1, 0.15) is 22.6 Å². The molecule has 4 aromatic heterocycles. The second-order valence-corrected chi connectivity index (χ2v) is 7.21. The molecule has 0 unspecified atom stereocenters. The van der Waals surface area contributed by atoms with Gasteiger partial charge in [0.2, 0.25) is 5.65 Å². The number of H-pyrrole nitrogens is 1. The van der Waals surface area contributed by atoms with Gasteiger partial charge in [-0.25, -0.2) is 4.98 Å². The van der Waals surface area contributed by atoms with Gasteiger partial charge in [-0.05, 0) is 48.9 Å². The summed E-state index contributed by atoms with van der Waals surface area (Å²) in [5.74, 6) is 1.73. The maximum Gasteiger partial charge on any atom is 0.204 e. The van der Waals surface area contributed by atoms with Crippen molar-refractivity contribution in [3.8, 4) is 17.6 Å². The molecule has 0 aliphatic heterocycles. The summed E-state index contributed by atoms with van der Waals surface area (Å²) >= 11 is 6.11. The van der Waals surface area contributed by atoms with E-state index < -0.39 is 0 Å². The number of aromatic amines is 1. The molecule has 5 aromatic rings. The number of rotatable bonds is 4. The molecule has 0 atom stereocenters. The van der Waals surface area contributed by atoms with Gasteiger partial charge in [0.15, 0.2) is 11.4 Å². The van der Waals surface area contributed by atoms with Gasteiger partial charge >= 0.3 is 0 Å². The number of pyridine rings is 2. The van der Waals surface area contributed by atoms with Gasteiger partial charge in [0.05, 0.1) is 23.7 Å². The Bertz CT molecular complexity index is 1450. The molecule has 0 aliphatic carbocycles. The van der Waals surface area contributed by atoms with Crippen molar-refractivity contribution < 1.29 is 4.74 Å². The number of benzene rings is 1. The van der Waals surface area contributed by atoms with Crippen LogP contribution in [0, 0.1) is 18.3 Å². The zero-order valence-corrected chi connectivity index (χ0v) is 16.6. The Hall–Kier alpha value is -3.96. The lowest BCUT2D eigenvalue weighted by Crippen LogP contribution is -1.99. The topological polar surface area (TPSA) is 105 Å². The average Bonchev–Trinajstić information content (AvgIpc) is 3.34. The molecule has 5 rings (SSSR count). The third-order valence-corrected chi connectivity index (χ3v) is 4.98. The fourth-order valence-corrected chi connectivity index (χ4v) is 3.54. The zero-order chi connectivity index (χ0) is 20.7. The van der Waals surface area contributed by atoms with Gasteiger partial charge in [-0.3, -0.25) is 9.50 Å². The minimum absolute atomic E-state index is 0.420. The number of nitrogens with one attached hydrogen (secondary N) is 1. The maximum atomic E-state index is 9.18. The molecule has 0 bridgehead atoms. The van der Waals surface area contributed by atoms with E-state index in [0.717, 1.165) is 28.1 Å². The highest BCUT2D eigenvalue weighted by molar-refractivity contribution is 6.30. The molecule has 0 saturated heterocycles. The Morgan fingerprint density at radius 2 is 2.13 bits per heavy atom. The van der Waals surface area contributed by atoms with E-state index in [1.807, 2.05) is 35.7 Å². The molecule has 146 valence electrons. The van der Waals surface area contributed by atoms with E-state index in [2.05, 4.69) is 31.4 Å². The fraction of sp³-hybridized carbons (Fsp3) is 0.0952. The first-order valence-electron chi connectivity index (χ1n) is 9.12. The molecule has 0 aliphatic rings. The highest BCUT2D eigenvalue weighted by Crippen LogP contribution is 2.31. The van der Waals surface area contributed by atoms with Crippen LogP contribution in [0.4, 0.5) is 0 Å². The largest absolute Gasteiger partial charge is 0.453 e. The van der Waals surface area contributed by atoms with Gasteiger partial charge in [-0.15, -0.1) is 10.2 Å². The summed E-state index contributed by atoms with van der Waals surface area (Å²) in [5, 5.41) is 26.5. The molecule has 4 heterocycles. The van der Waals surface area contributed by atoms with Crippen LogP contribution in [0.5, 0.6) is 11.5 Å². The number of aryl methyl sites for hydroxylation is 1. The summed E-state index contributed by atoms with van der Waals surface area (Å²) in [4.78, 5) is 4.27. The molecular formula is C21H14ClN7O. The third kappa shape index (κ3) is 3.11. The molecule has 9 heteroatoms. The number of hydrogen-bond donors (Lipinski definition) is 1. The molecule has 0 saturated carbocycles. The summed E-state index contributed by atoms with van der Waals surface area (Å²) in [7, 11) is 0. The van der Waals surface area contributed by atoms with Crippen LogP contribution in [0.25, 0.3) is 16.7 Å². The normalized spacial score (nSPS) is 11.1. The van der Waals surface area contributed by atoms with Gasteiger partial charge in [0.25, 0.3) is 0 Å². The highest BCUT2D eigenvalue weighted by atomic mass is 35.5. The second kappa shape index (κ2) is 7.13. The van der Waals surface area contributed by atoms with Crippen molar-refractivity contribution in [3.05, 3.63) is 76.5 Å². The summed E-state index contributed by atoms with van der Waals surface area (Å²) in [6, 6.07) is 12.7. The summed E-state index contributed by atoms with van der Waals surface area (Å²) in [6.07, 6.45) is 4.10. The van der Waals surface area contributed by atoms with Crippen LogP contribution in [-0.4, -0.2) is 29.8 Å². The number of nitrogens with zero attached hydrogens (tertiary/aromatic N) is 6. The minimum Gasteiger partial charge on any atom is -0.453 e. The van der Waals surface area contributed by atoms with Crippen LogP contribution < -0.4 is 4.74 Å². The second-order valence-electron chi connectivity index (χ2n) is 6.77. The van der Waals surface area contributed by atoms with E-state index in [-0.39, 0.29) is 0 Å². The summed E-state index contributed by atoms with van der Waals surface area (Å²) in [6.45, 7) is 1.92. The predicted octanol–water partition coefficient (Wildman–Crippen LogP) is 4.22. The molecule has 0 fully saturated rings. The molecule has 0 spiro atoms. The summed E-state index contributed by atoms with van der Waals surface area (Å²) < 4.78 is 7.94. The summed E-state index contributed by atoms with van der Waals surface area (Å²) in [5.41, 5.74) is 3.44. The number of aromatic nitrogens is 6. The Labute approximate surface area is 175 Å². The molecule has 1 N–H and O–H groups in total. The number of halogens is 1. The van der Waals surface area contributed by atoms with Gasteiger partial charge in [0, 0.05) is 22.8 Å². The SMILES string of the molecule is Cc1ccn2c(Cc3n[nH]c4ncccc34)nnc2c1Oc1cc(Cl)cc(C#N)c1. The molecule has 0 amide bonds.